The van der Waals surface area contributed by atoms with Crippen LogP contribution in [0, 0.1) is 6.92 Å². The van der Waals surface area contributed by atoms with Gasteiger partial charge in [-0.25, -0.2) is 0 Å². The molecular weight excluding hydrogens is 248 g/mol. The standard InChI is InChI=1S/C12H14N4OS/c1-8-2-3-9(18-8)6-15-12(17)10-7-14-5-4-11(10)16-13/h2-5,7H,6,13H2,1H3,(H,14,16)(H,15,17). The van der Waals surface area contributed by atoms with Crippen molar-refractivity contribution in [1.82, 2.24) is 10.3 Å². The monoisotopic (exact) mass is 262 g/mol. The van der Waals surface area contributed by atoms with E-state index in [1.165, 1.54) is 11.1 Å². The van der Waals surface area contributed by atoms with Gasteiger partial charge in [0.2, 0.25) is 0 Å². The second-order valence-electron chi connectivity index (χ2n) is 3.76. The minimum Gasteiger partial charge on any atom is -0.347 e. The van der Waals surface area contributed by atoms with E-state index < -0.39 is 0 Å². The van der Waals surface area contributed by atoms with Gasteiger partial charge in [0, 0.05) is 22.1 Å². The summed E-state index contributed by atoms with van der Waals surface area (Å²) >= 11 is 1.66. The Kier molecular flexibility index (Phi) is 3.91. The summed E-state index contributed by atoms with van der Waals surface area (Å²) in [5.41, 5.74) is 3.48. The fourth-order valence-corrected chi connectivity index (χ4v) is 2.37. The van der Waals surface area contributed by atoms with E-state index in [2.05, 4.69) is 15.7 Å². The predicted molar refractivity (Wildman–Crippen MR) is 72.3 cm³/mol. The quantitative estimate of drug-likeness (QED) is 0.578. The highest BCUT2D eigenvalue weighted by molar-refractivity contribution is 7.11. The second-order valence-corrected chi connectivity index (χ2v) is 5.13. The maximum absolute atomic E-state index is 12.0. The van der Waals surface area contributed by atoms with Crippen LogP contribution in [0.5, 0.6) is 0 Å². The van der Waals surface area contributed by atoms with Gasteiger partial charge in [-0.1, -0.05) is 0 Å². The highest BCUT2D eigenvalue weighted by atomic mass is 32.1. The predicted octanol–water partition coefficient (Wildman–Crippen LogP) is 1.67. The molecule has 6 heteroatoms. The number of amides is 1. The van der Waals surface area contributed by atoms with Gasteiger partial charge in [0.15, 0.2) is 0 Å². The van der Waals surface area contributed by atoms with E-state index in [4.69, 9.17) is 5.84 Å². The third-order valence-electron chi connectivity index (χ3n) is 2.44. The highest BCUT2D eigenvalue weighted by Gasteiger charge is 2.10. The Morgan fingerprint density at radius 3 is 2.94 bits per heavy atom. The van der Waals surface area contributed by atoms with Gasteiger partial charge < -0.3 is 10.7 Å². The van der Waals surface area contributed by atoms with Crippen molar-refractivity contribution in [3.8, 4) is 0 Å². The molecule has 0 saturated carbocycles. The largest absolute Gasteiger partial charge is 0.347 e. The van der Waals surface area contributed by atoms with Crippen molar-refractivity contribution in [1.29, 1.82) is 0 Å². The van der Waals surface area contributed by atoms with Crippen molar-refractivity contribution in [2.24, 2.45) is 5.84 Å². The van der Waals surface area contributed by atoms with Crippen LogP contribution < -0.4 is 16.6 Å². The average molecular weight is 262 g/mol. The molecule has 0 spiro atoms. The minimum atomic E-state index is -0.192. The third kappa shape index (κ3) is 2.85. The Hall–Kier alpha value is -1.92. The van der Waals surface area contributed by atoms with E-state index in [1.54, 1.807) is 23.6 Å². The minimum absolute atomic E-state index is 0.192. The molecule has 0 aliphatic heterocycles. The van der Waals surface area contributed by atoms with Crippen molar-refractivity contribution in [2.45, 2.75) is 13.5 Å². The molecule has 5 nitrogen and oxygen atoms in total. The lowest BCUT2D eigenvalue weighted by atomic mass is 10.2. The Bertz CT molecular complexity index is 553. The number of hydrazine groups is 1. The molecule has 0 radical (unpaired) electrons. The summed E-state index contributed by atoms with van der Waals surface area (Å²) in [6.45, 7) is 2.55. The van der Waals surface area contributed by atoms with Crippen molar-refractivity contribution in [2.75, 3.05) is 5.43 Å². The van der Waals surface area contributed by atoms with E-state index in [-0.39, 0.29) is 5.91 Å². The number of nitrogens with zero attached hydrogens (tertiary/aromatic N) is 1. The number of nitrogen functional groups attached to an aromatic ring is 1. The van der Waals surface area contributed by atoms with Crippen LogP contribution in [0.1, 0.15) is 20.1 Å². The first-order chi connectivity index (χ1) is 8.70. The summed E-state index contributed by atoms with van der Waals surface area (Å²) < 4.78 is 0. The number of carbonyl (C=O) groups excluding carboxylic acids is 1. The summed E-state index contributed by atoms with van der Waals surface area (Å²) in [5.74, 6) is 5.15. The van der Waals surface area contributed by atoms with Crippen LogP contribution in [0.2, 0.25) is 0 Å². The van der Waals surface area contributed by atoms with Crippen LogP contribution in [0.3, 0.4) is 0 Å². The van der Waals surface area contributed by atoms with E-state index in [0.29, 0.717) is 17.8 Å². The molecule has 0 fully saturated rings. The van der Waals surface area contributed by atoms with Crippen molar-refractivity contribution >= 4 is 22.9 Å². The smallest absolute Gasteiger partial charge is 0.255 e. The van der Waals surface area contributed by atoms with Gasteiger partial charge in [0.25, 0.3) is 5.91 Å². The molecule has 2 aromatic rings. The number of nitrogens with one attached hydrogen (secondary N) is 2. The highest BCUT2D eigenvalue weighted by Crippen LogP contribution is 2.15. The Labute approximate surface area is 109 Å². The summed E-state index contributed by atoms with van der Waals surface area (Å²) in [6, 6.07) is 5.69. The maximum atomic E-state index is 12.0. The van der Waals surface area contributed by atoms with E-state index >= 15 is 0 Å². The molecule has 0 aliphatic carbocycles. The number of hydrogen-bond donors (Lipinski definition) is 3. The molecule has 1 amide bonds. The van der Waals surface area contributed by atoms with Crippen molar-refractivity contribution in [3.05, 3.63) is 45.9 Å². The first-order valence-corrected chi connectivity index (χ1v) is 6.26. The molecule has 0 aliphatic rings. The Balaban J connectivity index is 2.03. The molecule has 0 atom stereocenters. The molecule has 0 saturated heterocycles. The number of aromatic nitrogens is 1. The molecule has 0 aromatic carbocycles. The molecule has 0 unspecified atom stereocenters. The first-order valence-electron chi connectivity index (χ1n) is 5.45. The normalized spacial score (nSPS) is 10.1. The summed E-state index contributed by atoms with van der Waals surface area (Å²) in [5, 5.41) is 2.84. The molecule has 94 valence electrons. The molecule has 2 rings (SSSR count). The number of rotatable bonds is 4. The van der Waals surface area contributed by atoms with Gasteiger partial charge in [0.1, 0.15) is 0 Å². The molecule has 18 heavy (non-hydrogen) atoms. The van der Waals surface area contributed by atoms with Crippen LogP contribution in [0.4, 0.5) is 5.69 Å². The number of carbonyl (C=O) groups is 1. The lowest BCUT2D eigenvalue weighted by Gasteiger charge is -2.08. The third-order valence-corrected chi connectivity index (χ3v) is 3.44. The number of thiophene rings is 1. The van der Waals surface area contributed by atoms with Gasteiger partial charge in [-0.15, -0.1) is 11.3 Å². The zero-order valence-electron chi connectivity index (χ0n) is 9.93. The summed E-state index contributed by atoms with van der Waals surface area (Å²) in [7, 11) is 0. The SMILES string of the molecule is Cc1ccc(CNC(=O)c2cnccc2NN)s1. The van der Waals surface area contributed by atoms with Gasteiger partial charge in [-0.2, -0.15) is 0 Å². The fraction of sp³-hybridized carbons (Fsp3) is 0.167. The van der Waals surface area contributed by atoms with E-state index in [9.17, 15) is 4.79 Å². The van der Waals surface area contributed by atoms with E-state index in [1.807, 2.05) is 19.1 Å². The molecule has 0 bridgehead atoms. The van der Waals surface area contributed by atoms with Gasteiger partial charge in [-0.05, 0) is 25.1 Å². The Morgan fingerprint density at radius 1 is 1.44 bits per heavy atom. The topological polar surface area (TPSA) is 80.0 Å². The van der Waals surface area contributed by atoms with Crippen molar-refractivity contribution < 1.29 is 4.79 Å². The van der Waals surface area contributed by atoms with Crippen LogP contribution in [0.25, 0.3) is 0 Å². The van der Waals surface area contributed by atoms with Gasteiger partial charge in [-0.3, -0.25) is 15.6 Å². The maximum Gasteiger partial charge on any atom is 0.255 e. The number of anilines is 1. The Morgan fingerprint density at radius 2 is 2.28 bits per heavy atom. The lowest BCUT2D eigenvalue weighted by molar-refractivity contribution is 0.0951. The van der Waals surface area contributed by atoms with Crippen LogP contribution in [-0.2, 0) is 6.54 Å². The number of nitrogens with two attached hydrogens (primary N) is 1. The number of pyridine rings is 1. The van der Waals surface area contributed by atoms with Crippen LogP contribution >= 0.6 is 11.3 Å². The number of aryl methyl sites for hydroxylation is 1. The van der Waals surface area contributed by atoms with Crippen molar-refractivity contribution in [3.63, 3.8) is 0 Å². The molecule has 2 heterocycles. The zero-order valence-corrected chi connectivity index (χ0v) is 10.8. The van der Waals surface area contributed by atoms with E-state index in [0.717, 1.165) is 4.88 Å². The van der Waals surface area contributed by atoms with Gasteiger partial charge in [0.05, 0.1) is 17.8 Å². The zero-order chi connectivity index (χ0) is 13.0. The lowest BCUT2D eigenvalue weighted by Crippen LogP contribution is -2.24. The van der Waals surface area contributed by atoms with Crippen LogP contribution in [-0.4, -0.2) is 10.9 Å². The number of hydrogen-bond acceptors (Lipinski definition) is 5. The summed E-state index contributed by atoms with van der Waals surface area (Å²) in [4.78, 5) is 18.2. The summed E-state index contributed by atoms with van der Waals surface area (Å²) in [6.07, 6.45) is 3.07. The molecular formula is C12H14N4OS. The van der Waals surface area contributed by atoms with Gasteiger partial charge >= 0.3 is 0 Å². The average Bonchev–Trinajstić information content (AvgIpc) is 2.81. The van der Waals surface area contributed by atoms with Crippen LogP contribution in [0.15, 0.2) is 30.6 Å². The second kappa shape index (κ2) is 5.61. The first kappa shape index (κ1) is 12.5. The molecule has 4 N–H and O–H groups in total. The molecule has 2 aromatic heterocycles. The fourth-order valence-electron chi connectivity index (χ4n) is 1.54.